The van der Waals surface area contributed by atoms with Gasteiger partial charge in [0.2, 0.25) is 17.5 Å². The number of aliphatic hydroxyl groups excluding tert-OH is 6. The van der Waals surface area contributed by atoms with E-state index in [9.17, 15) is 50.8 Å². The molecule has 10 atom stereocenters. The van der Waals surface area contributed by atoms with Crippen LogP contribution in [-0.2, 0) is 14.2 Å². The lowest BCUT2D eigenvalue weighted by atomic mass is 9.98. The SMILES string of the molecule is COc1cc(-c2oc3cc(O)cc(O)c3c(=O)c2O[C@H]2O[C@@H](CO[C@H]3O[C@@H](C)[C@H](O)[C@@H](O)[C@H]3O)[C@H](O)[C@@H](O)[C@@H]2O)ccc1O. The molecule has 0 saturated carbocycles. The Hall–Kier alpha value is -3.71. The molecule has 16 nitrogen and oxygen atoms in total. The van der Waals surface area contributed by atoms with Crippen LogP contribution in [0.3, 0.4) is 0 Å². The van der Waals surface area contributed by atoms with Crippen molar-refractivity contribution in [2.45, 2.75) is 68.3 Å². The maximum absolute atomic E-state index is 13.7. The van der Waals surface area contributed by atoms with Crippen LogP contribution in [0.2, 0.25) is 0 Å². The average molecular weight is 625 g/mol. The summed E-state index contributed by atoms with van der Waals surface area (Å²) in [5, 5.41) is 92.1. The number of aliphatic hydroxyl groups is 6. The summed E-state index contributed by atoms with van der Waals surface area (Å²) in [6.07, 6.45) is -16.0. The molecule has 16 heteroatoms. The average Bonchev–Trinajstić information content (AvgIpc) is 2.98. The van der Waals surface area contributed by atoms with Crippen LogP contribution < -0.4 is 14.9 Å². The largest absolute Gasteiger partial charge is 0.508 e. The van der Waals surface area contributed by atoms with Crippen molar-refractivity contribution >= 4 is 11.0 Å². The molecule has 0 aliphatic carbocycles. The maximum atomic E-state index is 13.7. The summed E-state index contributed by atoms with van der Waals surface area (Å²) >= 11 is 0. The van der Waals surface area contributed by atoms with Gasteiger partial charge in [0.1, 0.15) is 65.2 Å². The molecular weight excluding hydrogens is 592 g/mol. The van der Waals surface area contributed by atoms with Crippen molar-refractivity contribution in [2.75, 3.05) is 13.7 Å². The number of benzene rings is 2. The summed E-state index contributed by atoms with van der Waals surface area (Å²) in [7, 11) is 1.28. The molecule has 3 heterocycles. The van der Waals surface area contributed by atoms with Gasteiger partial charge in [-0.15, -0.1) is 0 Å². The summed E-state index contributed by atoms with van der Waals surface area (Å²) in [6.45, 7) is 0.845. The Bertz CT molecular complexity index is 1560. The van der Waals surface area contributed by atoms with Crippen molar-refractivity contribution in [1.82, 2.24) is 0 Å². The number of methoxy groups -OCH3 is 1. The fourth-order valence-corrected chi connectivity index (χ4v) is 4.99. The lowest BCUT2D eigenvalue weighted by Crippen LogP contribution is -2.61. The number of aromatic hydroxyl groups is 3. The highest BCUT2D eigenvalue weighted by Gasteiger charge is 2.47. The summed E-state index contributed by atoms with van der Waals surface area (Å²) in [5.74, 6) is -2.28. The van der Waals surface area contributed by atoms with E-state index in [-0.39, 0.29) is 28.4 Å². The number of hydrogen-bond donors (Lipinski definition) is 9. The number of hydrogen-bond acceptors (Lipinski definition) is 16. The molecule has 0 amide bonds. The van der Waals surface area contributed by atoms with Crippen molar-refractivity contribution in [3.8, 4) is 40.1 Å². The van der Waals surface area contributed by atoms with Gasteiger partial charge in [-0.3, -0.25) is 4.79 Å². The van der Waals surface area contributed by atoms with Crippen LogP contribution in [0.15, 0.2) is 39.5 Å². The maximum Gasteiger partial charge on any atom is 0.239 e. The Morgan fingerprint density at radius 1 is 0.795 bits per heavy atom. The molecule has 3 aromatic rings. The second kappa shape index (κ2) is 12.4. The molecule has 1 aromatic heterocycles. The molecule has 2 aliphatic heterocycles. The number of phenols is 3. The Morgan fingerprint density at radius 2 is 1.48 bits per heavy atom. The molecule has 44 heavy (non-hydrogen) atoms. The van der Waals surface area contributed by atoms with Crippen LogP contribution in [0.4, 0.5) is 0 Å². The lowest BCUT2D eigenvalue weighted by Gasteiger charge is -2.42. The van der Waals surface area contributed by atoms with Gasteiger partial charge >= 0.3 is 0 Å². The first-order chi connectivity index (χ1) is 20.8. The number of phenolic OH excluding ortho intramolecular Hbond substituents is 3. The molecule has 0 bridgehead atoms. The van der Waals surface area contributed by atoms with Crippen molar-refractivity contribution in [3.63, 3.8) is 0 Å². The number of ether oxygens (including phenoxy) is 5. The van der Waals surface area contributed by atoms with E-state index in [0.717, 1.165) is 12.1 Å². The van der Waals surface area contributed by atoms with E-state index in [1.165, 1.54) is 32.2 Å². The van der Waals surface area contributed by atoms with Crippen LogP contribution in [0.5, 0.6) is 28.7 Å². The predicted octanol–water partition coefficient (Wildman–Crippen LogP) is -1.38. The Balaban J connectivity index is 1.49. The van der Waals surface area contributed by atoms with Crippen LogP contribution in [0.25, 0.3) is 22.3 Å². The van der Waals surface area contributed by atoms with E-state index in [1.54, 1.807) is 0 Å². The van der Waals surface area contributed by atoms with Gasteiger partial charge in [-0.25, -0.2) is 0 Å². The molecule has 2 aromatic carbocycles. The van der Waals surface area contributed by atoms with Gasteiger partial charge in [-0.2, -0.15) is 0 Å². The topological polar surface area (TPSA) is 258 Å². The smallest absolute Gasteiger partial charge is 0.239 e. The van der Waals surface area contributed by atoms with Crippen LogP contribution >= 0.6 is 0 Å². The number of fused-ring (bicyclic) bond motifs is 1. The highest BCUT2D eigenvalue weighted by atomic mass is 16.7. The minimum Gasteiger partial charge on any atom is -0.508 e. The minimum atomic E-state index is -1.94. The van der Waals surface area contributed by atoms with Gasteiger partial charge in [-0.05, 0) is 25.1 Å². The second-order valence-corrected chi connectivity index (χ2v) is 10.5. The van der Waals surface area contributed by atoms with Gasteiger partial charge in [0.05, 0.1) is 19.8 Å². The van der Waals surface area contributed by atoms with E-state index in [0.29, 0.717) is 0 Å². The highest BCUT2D eigenvalue weighted by Crippen LogP contribution is 2.39. The minimum absolute atomic E-state index is 0.0151. The molecule has 5 rings (SSSR count). The van der Waals surface area contributed by atoms with Gasteiger partial charge in [0.15, 0.2) is 23.5 Å². The molecule has 2 aliphatic rings. The summed E-state index contributed by atoms with van der Waals surface area (Å²) in [4.78, 5) is 13.7. The van der Waals surface area contributed by atoms with Gasteiger partial charge < -0.3 is 74.1 Å². The first-order valence-corrected chi connectivity index (χ1v) is 13.4. The Kier molecular flexibility index (Phi) is 8.90. The molecule has 9 N–H and O–H groups in total. The van der Waals surface area contributed by atoms with Crippen LogP contribution in [-0.4, -0.2) is 121 Å². The first-order valence-electron chi connectivity index (χ1n) is 13.4. The molecule has 2 fully saturated rings. The van der Waals surface area contributed by atoms with Crippen molar-refractivity contribution in [1.29, 1.82) is 0 Å². The molecule has 0 unspecified atom stereocenters. The molecule has 0 radical (unpaired) electrons. The fourth-order valence-electron chi connectivity index (χ4n) is 4.99. The second-order valence-electron chi connectivity index (χ2n) is 10.5. The molecule has 0 spiro atoms. The molecule has 240 valence electrons. The third-order valence-corrected chi connectivity index (χ3v) is 7.50. The van der Waals surface area contributed by atoms with Gasteiger partial charge in [0, 0.05) is 17.7 Å². The summed E-state index contributed by atoms with van der Waals surface area (Å²) in [6, 6.07) is 5.83. The van der Waals surface area contributed by atoms with E-state index in [2.05, 4.69) is 0 Å². The van der Waals surface area contributed by atoms with Crippen LogP contribution in [0.1, 0.15) is 6.92 Å². The van der Waals surface area contributed by atoms with Crippen molar-refractivity contribution < 1.29 is 74.1 Å². The molecule has 2 saturated heterocycles. The third-order valence-electron chi connectivity index (χ3n) is 7.50. The zero-order chi connectivity index (χ0) is 32.0. The zero-order valence-corrected chi connectivity index (χ0v) is 23.3. The fraction of sp³-hybridized carbons (Fsp3) is 0.464. The van der Waals surface area contributed by atoms with E-state index < -0.39 is 96.1 Å². The predicted molar refractivity (Wildman–Crippen MR) is 145 cm³/mol. The quantitative estimate of drug-likeness (QED) is 0.147. The zero-order valence-electron chi connectivity index (χ0n) is 23.3. The highest BCUT2D eigenvalue weighted by molar-refractivity contribution is 5.88. The Labute approximate surface area is 248 Å². The monoisotopic (exact) mass is 624 g/mol. The standard InChI is InChI=1S/C28H32O16/c1-9-18(32)21(35)23(37)27(41-9)40-8-16-19(33)22(36)24(38)28(43-16)44-26-20(34)17-13(31)6-11(29)7-15(17)42-25(26)10-3-4-12(30)14(5-10)39-2/h3-7,9,16,18-19,21-24,27-33,35-38H,8H2,1-2H3/t9-,16-,18-,19-,21+,22+,23+,24-,27-,28+/m0/s1. The van der Waals surface area contributed by atoms with Gasteiger partial charge in [-0.1, -0.05) is 0 Å². The van der Waals surface area contributed by atoms with Crippen molar-refractivity contribution in [2.24, 2.45) is 0 Å². The number of rotatable bonds is 7. The van der Waals surface area contributed by atoms with Gasteiger partial charge in [0.25, 0.3) is 0 Å². The third kappa shape index (κ3) is 5.74. The Morgan fingerprint density at radius 3 is 2.18 bits per heavy atom. The van der Waals surface area contributed by atoms with E-state index in [4.69, 9.17) is 28.1 Å². The van der Waals surface area contributed by atoms with Crippen molar-refractivity contribution in [3.05, 3.63) is 40.6 Å². The van der Waals surface area contributed by atoms with Crippen LogP contribution in [0, 0.1) is 0 Å². The lowest BCUT2D eigenvalue weighted by molar-refractivity contribution is -0.318. The van der Waals surface area contributed by atoms with E-state index >= 15 is 0 Å². The first kappa shape index (κ1) is 31.7. The summed E-state index contributed by atoms with van der Waals surface area (Å²) < 4.78 is 33.2. The van der Waals surface area contributed by atoms with E-state index in [1.807, 2.05) is 0 Å². The molecular formula is C28H32O16. The summed E-state index contributed by atoms with van der Waals surface area (Å²) in [5.41, 5.74) is -1.11. The normalized spacial score (nSPS) is 32.5.